The smallest absolute Gasteiger partial charge is 0.234 e. The maximum Gasteiger partial charge on any atom is 0.238 e. The van der Waals surface area contributed by atoms with Gasteiger partial charge in [0, 0.05) is 0 Å². The normalized spacial score (nSPS) is 10.2. The Balaban J connectivity index is 2.97. The first-order chi connectivity index (χ1) is 5.61. The lowest BCUT2D eigenvalue weighted by Crippen LogP contribution is -2.28. The monoisotopic (exact) mass is 186 g/mol. The van der Waals surface area contributed by atoms with Gasteiger partial charge in [-0.1, -0.05) is 17.7 Å². The molecule has 0 saturated carbocycles. The first kappa shape index (κ1) is 9.02. The molecular weight excluding hydrogens is 176 g/mol. The maximum atomic E-state index is 10.4. The number of thiol groups is 1. The van der Waals surface area contributed by atoms with Gasteiger partial charge in [-0.15, -0.1) is 0 Å². The van der Waals surface area contributed by atoms with Crippen LogP contribution in [0, 0.1) is 6.92 Å². The Morgan fingerprint density at radius 3 is 2.17 bits per heavy atom. The molecule has 0 radical (unpaired) electrons. The van der Waals surface area contributed by atoms with E-state index in [0.717, 1.165) is 9.98 Å². The molecule has 0 fully saturated rings. The molecule has 0 unspecified atom stereocenters. The number of hydrogen-bond donors (Lipinski definition) is 2. The first-order valence-electron chi connectivity index (χ1n) is 3.37. The molecule has 66 valence electrons. The Bertz CT molecular complexity index is 324. The van der Waals surface area contributed by atoms with Gasteiger partial charge in [-0.2, -0.15) is 0 Å². The Labute approximate surface area is 72.7 Å². The van der Waals surface area contributed by atoms with Crippen LogP contribution in [0.25, 0.3) is 0 Å². The molecule has 1 aromatic carbocycles. The molecule has 0 spiro atoms. The molecule has 0 aliphatic heterocycles. The molecule has 0 atom stereocenters. The van der Waals surface area contributed by atoms with Crippen LogP contribution in [0.1, 0.15) is 5.56 Å². The zero-order chi connectivity index (χ0) is 9.14. The third-order valence-electron chi connectivity index (χ3n) is 1.47. The van der Waals surface area contributed by atoms with Gasteiger partial charge in [0.2, 0.25) is 10.9 Å². The van der Waals surface area contributed by atoms with Crippen molar-refractivity contribution in [1.29, 1.82) is 0 Å². The van der Waals surface area contributed by atoms with Crippen molar-refractivity contribution in [3.8, 4) is 0 Å². The van der Waals surface area contributed by atoms with Gasteiger partial charge < -0.3 is 0 Å². The summed E-state index contributed by atoms with van der Waals surface area (Å²) < 4.78 is 21.6. The Kier molecular flexibility index (Phi) is 2.67. The highest BCUT2D eigenvalue weighted by molar-refractivity contribution is 7.73. The van der Waals surface area contributed by atoms with Crippen molar-refractivity contribution in [3.63, 3.8) is 0 Å². The van der Waals surface area contributed by atoms with Gasteiger partial charge in [0.05, 0.1) is 5.69 Å². The molecule has 5 heteroatoms. The summed E-state index contributed by atoms with van der Waals surface area (Å²) in [6.07, 6.45) is 0. The van der Waals surface area contributed by atoms with Gasteiger partial charge in [-0.3, -0.25) is 0 Å². The van der Waals surface area contributed by atoms with Crippen LogP contribution in [0.2, 0.25) is 0 Å². The average molecular weight is 186 g/mol. The van der Waals surface area contributed by atoms with E-state index in [-0.39, 0.29) is 0 Å². The molecule has 0 saturated heterocycles. The fourth-order valence-electron chi connectivity index (χ4n) is 0.792. The lowest BCUT2D eigenvalue weighted by molar-refractivity contribution is 0.611. The van der Waals surface area contributed by atoms with Gasteiger partial charge in [-0.05, 0) is 19.1 Å². The van der Waals surface area contributed by atoms with E-state index in [4.69, 9.17) is 5.84 Å². The SMILES string of the molecule is Cc1ccc(N(N)[SH](=O)=O)cc1. The lowest BCUT2D eigenvalue weighted by Gasteiger charge is -2.09. The van der Waals surface area contributed by atoms with E-state index in [1.54, 1.807) is 24.3 Å². The van der Waals surface area contributed by atoms with Crippen LogP contribution >= 0.6 is 0 Å². The number of nitrogens with two attached hydrogens (primary N) is 1. The highest BCUT2D eigenvalue weighted by Crippen LogP contribution is 2.11. The van der Waals surface area contributed by atoms with E-state index in [1.807, 2.05) is 6.92 Å². The van der Waals surface area contributed by atoms with Crippen LogP contribution in [0.3, 0.4) is 0 Å². The summed E-state index contributed by atoms with van der Waals surface area (Å²) in [7, 11) is -2.74. The van der Waals surface area contributed by atoms with Crippen LogP contribution in [0.5, 0.6) is 0 Å². The number of nitrogens with zero attached hydrogens (tertiary/aromatic N) is 1. The van der Waals surface area contributed by atoms with Crippen molar-refractivity contribution >= 4 is 16.6 Å². The molecular formula is C7H10N2O2S. The van der Waals surface area contributed by atoms with E-state index < -0.39 is 10.9 Å². The molecule has 0 heterocycles. The molecule has 1 aromatic rings. The quantitative estimate of drug-likeness (QED) is 0.394. The number of hydrazine groups is 1. The fourth-order valence-corrected chi connectivity index (χ4v) is 1.11. The van der Waals surface area contributed by atoms with E-state index in [2.05, 4.69) is 0 Å². The standard InChI is InChI=1S/C7H10N2O2S/c1-6-2-4-7(5-3-6)9(8)12(10)11/h2-5,12H,8H2,1H3. The molecule has 2 N–H and O–H groups in total. The third kappa shape index (κ3) is 1.96. The van der Waals surface area contributed by atoms with Crippen LogP contribution in [0.4, 0.5) is 5.69 Å². The Morgan fingerprint density at radius 1 is 1.25 bits per heavy atom. The lowest BCUT2D eigenvalue weighted by atomic mass is 10.2. The van der Waals surface area contributed by atoms with Gasteiger partial charge in [0.25, 0.3) is 0 Å². The van der Waals surface area contributed by atoms with Crippen molar-refractivity contribution in [2.75, 3.05) is 4.41 Å². The second-order valence-electron chi connectivity index (χ2n) is 2.42. The number of anilines is 1. The number of rotatable bonds is 2. The Hall–Kier alpha value is -1.07. The highest BCUT2D eigenvalue weighted by Gasteiger charge is 2.00. The molecule has 0 aromatic heterocycles. The van der Waals surface area contributed by atoms with Gasteiger partial charge in [-0.25, -0.2) is 18.7 Å². The zero-order valence-corrected chi connectivity index (χ0v) is 7.49. The molecule has 0 aliphatic carbocycles. The van der Waals surface area contributed by atoms with E-state index >= 15 is 0 Å². The Morgan fingerprint density at radius 2 is 1.75 bits per heavy atom. The summed E-state index contributed by atoms with van der Waals surface area (Å²) >= 11 is 0. The minimum atomic E-state index is -2.74. The van der Waals surface area contributed by atoms with Gasteiger partial charge in [0.1, 0.15) is 0 Å². The van der Waals surface area contributed by atoms with Crippen molar-refractivity contribution in [3.05, 3.63) is 29.8 Å². The summed E-state index contributed by atoms with van der Waals surface area (Å²) in [5, 5.41) is 0. The highest BCUT2D eigenvalue weighted by atomic mass is 32.2. The minimum absolute atomic E-state index is 0.469. The predicted molar refractivity (Wildman–Crippen MR) is 48.2 cm³/mol. The number of hydrogen-bond acceptors (Lipinski definition) is 3. The van der Waals surface area contributed by atoms with Crippen molar-refractivity contribution in [2.45, 2.75) is 6.92 Å². The summed E-state index contributed by atoms with van der Waals surface area (Å²) in [6.45, 7) is 1.92. The van der Waals surface area contributed by atoms with Crippen LogP contribution < -0.4 is 10.3 Å². The molecule has 1 rings (SSSR count). The largest absolute Gasteiger partial charge is 0.238 e. The van der Waals surface area contributed by atoms with Crippen LogP contribution in [0.15, 0.2) is 24.3 Å². The molecule has 0 amide bonds. The summed E-state index contributed by atoms with van der Waals surface area (Å²) in [5.41, 5.74) is 1.53. The molecule has 0 bridgehead atoms. The minimum Gasteiger partial charge on any atom is -0.234 e. The summed E-state index contributed by atoms with van der Waals surface area (Å²) in [6, 6.07) is 6.91. The second kappa shape index (κ2) is 3.55. The third-order valence-corrected chi connectivity index (χ3v) is 2.06. The van der Waals surface area contributed by atoms with E-state index in [0.29, 0.717) is 5.69 Å². The number of aryl methyl sites for hydroxylation is 1. The average Bonchev–Trinajstić information content (AvgIpc) is 2.04. The van der Waals surface area contributed by atoms with Crippen molar-refractivity contribution < 1.29 is 8.42 Å². The summed E-state index contributed by atoms with van der Waals surface area (Å²) in [4.78, 5) is 0. The molecule has 4 nitrogen and oxygen atoms in total. The first-order valence-corrected chi connectivity index (χ1v) is 4.50. The predicted octanol–water partition coefficient (Wildman–Crippen LogP) is 0.202. The topological polar surface area (TPSA) is 63.4 Å². The van der Waals surface area contributed by atoms with Crippen molar-refractivity contribution in [1.82, 2.24) is 0 Å². The number of benzene rings is 1. The van der Waals surface area contributed by atoms with E-state index in [9.17, 15) is 8.42 Å². The van der Waals surface area contributed by atoms with Gasteiger partial charge >= 0.3 is 0 Å². The molecule has 12 heavy (non-hydrogen) atoms. The van der Waals surface area contributed by atoms with E-state index in [1.165, 1.54) is 0 Å². The second-order valence-corrected chi connectivity index (χ2v) is 3.32. The van der Waals surface area contributed by atoms with Crippen LogP contribution in [-0.4, -0.2) is 8.42 Å². The fraction of sp³-hybridized carbons (Fsp3) is 0.143. The maximum absolute atomic E-state index is 10.4. The zero-order valence-electron chi connectivity index (χ0n) is 6.60. The van der Waals surface area contributed by atoms with Crippen molar-refractivity contribution in [2.24, 2.45) is 5.84 Å². The molecule has 0 aliphatic rings. The van der Waals surface area contributed by atoms with Crippen LogP contribution in [-0.2, 0) is 10.9 Å². The summed E-state index contributed by atoms with van der Waals surface area (Å²) in [5.74, 6) is 5.22. The van der Waals surface area contributed by atoms with Gasteiger partial charge in [0.15, 0.2) is 0 Å².